The van der Waals surface area contributed by atoms with Crippen LogP contribution in [-0.4, -0.2) is 36.8 Å². The lowest BCUT2D eigenvalue weighted by atomic mass is 9.98. The number of carbonyl (C=O) groups excluding carboxylic acids is 1. The summed E-state index contributed by atoms with van der Waals surface area (Å²) in [7, 11) is -3.59. The number of aromatic nitrogens is 1. The molecule has 144 valence electrons. The number of pyridine rings is 1. The van der Waals surface area contributed by atoms with Gasteiger partial charge in [0.05, 0.1) is 10.8 Å². The quantitative estimate of drug-likeness (QED) is 0.537. The normalized spacial score (nSPS) is 16.2. The highest BCUT2D eigenvalue weighted by atomic mass is 35.5. The minimum absolute atomic E-state index is 0.117. The van der Waals surface area contributed by atoms with Crippen LogP contribution < -0.4 is 0 Å². The van der Waals surface area contributed by atoms with Crippen molar-refractivity contribution in [1.29, 1.82) is 0 Å². The van der Waals surface area contributed by atoms with Crippen LogP contribution in [0, 0.1) is 5.92 Å². The van der Waals surface area contributed by atoms with Crippen molar-refractivity contribution >= 4 is 39.2 Å². The molecule has 1 aromatic carbocycles. The number of benzene rings is 1. The first kappa shape index (κ1) is 20.1. The Morgan fingerprint density at radius 2 is 1.78 bits per heavy atom. The Balaban J connectivity index is 1.54. The van der Waals surface area contributed by atoms with Crippen molar-refractivity contribution < 1.29 is 17.9 Å². The Bertz CT molecular complexity index is 894. The monoisotopic (exact) mass is 428 g/mol. The van der Waals surface area contributed by atoms with Crippen LogP contribution in [-0.2, 0) is 26.2 Å². The number of piperidine rings is 1. The van der Waals surface area contributed by atoms with Gasteiger partial charge >= 0.3 is 5.97 Å². The van der Waals surface area contributed by atoms with Gasteiger partial charge in [-0.25, -0.2) is 13.4 Å². The van der Waals surface area contributed by atoms with Crippen molar-refractivity contribution in [2.75, 3.05) is 13.1 Å². The fourth-order valence-corrected chi connectivity index (χ4v) is 4.56. The summed E-state index contributed by atoms with van der Waals surface area (Å²) >= 11 is 11.5. The van der Waals surface area contributed by atoms with Crippen LogP contribution in [0.3, 0.4) is 0 Å². The van der Waals surface area contributed by atoms with Crippen LogP contribution in [0.5, 0.6) is 0 Å². The molecule has 0 amide bonds. The zero-order valence-electron chi connectivity index (χ0n) is 14.3. The maximum Gasteiger partial charge on any atom is 0.309 e. The first-order valence-corrected chi connectivity index (χ1v) is 10.6. The van der Waals surface area contributed by atoms with Crippen molar-refractivity contribution in [1.82, 2.24) is 9.29 Å². The summed E-state index contributed by atoms with van der Waals surface area (Å²) in [6.07, 6.45) is 2.39. The molecule has 2 aromatic rings. The molecule has 2 heterocycles. The Hall–Kier alpha value is -1.67. The highest BCUT2D eigenvalue weighted by Crippen LogP contribution is 2.25. The lowest BCUT2D eigenvalue weighted by molar-refractivity contribution is -0.151. The van der Waals surface area contributed by atoms with E-state index in [1.165, 1.54) is 16.4 Å². The Morgan fingerprint density at radius 3 is 2.37 bits per heavy atom. The molecule has 3 rings (SSSR count). The van der Waals surface area contributed by atoms with E-state index < -0.39 is 10.0 Å². The second-order valence-electron chi connectivity index (χ2n) is 6.23. The summed E-state index contributed by atoms with van der Waals surface area (Å²) in [6.45, 7) is 0.659. The van der Waals surface area contributed by atoms with Crippen LogP contribution in [0.15, 0.2) is 47.5 Å². The smallest absolute Gasteiger partial charge is 0.309 e. The highest BCUT2D eigenvalue weighted by molar-refractivity contribution is 7.89. The molecule has 27 heavy (non-hydrogen) atoms. The summed E-state index contributed by atoms with van der Waals surface area (Å²) in [5.41, 5.74) is 0.746. The van der Waals surface area contributed by atoms with Crippen LogP contribution in [0.4, 0.5) is 0 Å². The van der Waals surface area contributed by atoms with E-state index in [2.05, 4.69) is 4.98 Å². The molecule has 1 aliphatic rings. The molecular formula is C18H18Cl2N2O4S. The van der Waals surface area contributed by atoms with E-state index in [4.69, 9.17) is 27.9 Å². The van der Waals surface area contributed by atoms with Crippen LogP contribution in [0.2, 0.25) is 10.2 Å². The molecule has 0 atom stereocenters. The number of hydrogen-bond donors (Lipinski definition) is 0. The molecular weight excluding hydrogens is 411 g/mol. The van der Waals surface area contributed by atoms with Crippen LogP contribution in [0.1, 0.15) is 18.4 Å². The number of nitrogens with zero attached hydrogens (tertiary/aromatic N) is 2. The third-order valence-corrected chi connectivity index (χ3v) is 6.80. The van der Waals surface area contributed by atoms with Gasteiger partial charge in [-0.1, -0.05) is 29.3 Å². The Labute approximate surface area is 168 Å². The van der Waals surface area contributed by atoms with E-state index >= 15 is 0 Å². The van der Waals surface area contributed by atoms with E-state index in [1.54, 1.807) is 30.5 Å². The molecule has 0 N–H and O–H groups in total. The van der Waals surface area contributed by atoms with Crippen molar-refractivity contribution in [2.45, 2.75) is 24.3 Å². The van der Waals surface area contributed by atoms with E-state index in [0.29, 0.717) is 23.0 Å². The second kappa shape index (κ2) is 8.56. The fraction of sp³-hybridized carbons (Fsp3) is 0.333. The molecule has 1 aromatic heterocycles. The van der Waals surface area contributed by atoms with Gasteiger partial charge in [0.2, 0.25) is 10.0 Å². The largest absolute Gasteiger partial charge is 0.461 e. The number of sulfonamides is 1. The molecule has 0 aliphatic carbocycles. The van der Waals surface area contributed by atoms with Crippen LogP contribution in [0.25, 0.3) is 0 Å². The molecule has 0 unspecified atom stereocenters. The maximum absolute atomic E-state index is 12.7. The summed E-state index contributed by atoms with van der Waals surface area (Å²) in [5.74, 6) is -0.643. The predicted molar refractivity (Wildman–Crippen MR) is 102 cm³/mol. The fourth-order valence-electron chi connectivity index (χ4n) is 2.85. The van der Waals surface area contributed by atoms with Crippen molar-refractivity contribution in [2.24, 2.45) is 5.92 Å². The minimum Gasteiger partial charge on any atom is -0.461 e. The zero-order valence-corrected chi connectivity index (χ0v) is 16.7. The number of rotatable bonds is 5. The topological polar surface area (TPSA) is 76.6 Å². The van der Waals surface area contributed by atoms with Gasteiger partial charge in [0.15, 0.2) is 0 Å². The lowest BCUT2D eigenvalue weighted by Gasteiger charge is -2.30. The third kappa shape index (κ3) is 4.99. The van der Waals surface area contributed by atoms with Crippen LogP contribution >= 0.6 is 23.2 Å². The van der Waals surface area contributed by atoms with E-state index in [1.807, 2.05) is 0 Å². The molecule has 0 spiro atoms. The summed E-state index contributed by atoms with van der Waals surface area (Å²) in [5, 5.41) is 0.852. The number of hydrogen-bond acceptors (Lipinski definition) is 5. The van der Waals surface area contributed by atoms with Crippen molar-refractivity contribution in [3.63, 3.8) is 0 Å². The van der Waals surface area contributed by atoms with E-state index in [0.717, 1.165) is 5.56 Å². The predicted octanol–water partition coefficient (Wildman–Crippen LogP) is 3.53. The molecule has 1 fully saturated rings. The van der Waals surface area contributed by atoms with Gasteiger partial charge in [-0.2, -0.15) is 4.31 Å². The highest BCUT2D eigenvalue weighted by Gasteiger charge is 2.32. The standard InChI is InChI=1S/C18H18Cl2N2O4S/c19-15-2-4-16(5-3-15)27(24,25)22-9-7-14(8-10-22)18(23)26-12-13-1-6-17(20)21-11-13/h1-6,11,14H,7-10,12H2. The number of ether oxygens (including phenoxy) is 1. The maximum atomic E-state index is 12.7. The van der Waals surface area contributed by atoms with Gasteiger partial charge in [-0.05, 0) is 43.2 Å². The average molecular weight is 429 g/mol. The number of halogens is 2. The molecule has 9 heteroatoms. The van der Waals surface area contributed by atoms with E-state index in [-0.39, 0.29) is 36.5 Å². The van der Waals surface area contributed by atoms with Gasteiger partial charge in [0.1, 0.15) is 11.8 Å². The molecule has 6 nitrogen and oxygen atoms in total. The van der Waals surface area contributed by atoms with Crippen molar-refractivity contribution in [3.05, 3.63) is 58.3 Å². The Morgan fingerprint density at radius 1 is 1.11 bits per heavy atom. The molecule has 0 saturated carbocycles. The first-order chi connectivity index (χ1) is 12.9. The summed E-state index contributed by atoms with van der Waals surface area (Å²) in [4.78, 5) is 16.4. The van der Waals surface area contributed by atoms with Gasteiger partial charge < -0.3 is 4.74 Å². The molecule has 0 bridgehead atoms. The first-order valence-electron chi connectivity index (χ1n) is 8.39. The molecule has 0 radical (unpaired) electrons. The average Bonchev–Trinajstić information content (AvgIpc) is 2.68. The Kier molecular flexibility index (Phi) is 6.37. The van der Waals surface area contributed by atoms with Gasteiger partial charge in [-0.15, -0.1) is 0 Å². The molecule has 1 aliphatic heterocycles. The summed E-state index contributed by atoms with van der Waals surface area (Å²) in [6, 6.07) is 9.43. The van der Waals surface area contributed by atoms with Gasteiger partial charge in [0, 0.05) is 29.9 Å². The zero-order chi connectivity index (χ0) is 19.4. The minimum atomic E-state index is -3.59. The van der Waals surface area contributed by atoms with Gasteiger partial charge in [-0.3, -0.25) is 4.79 Å². The van der Waals surface area contributed by atoms with E-state index in [9.17, 15) is 13.2 Å². The van der Waals surface area contributed by atoms with Gasteiger partial charge in [0.25, 0.3) is 0 Å². The SMILES string of the molecule is O=C(OCc1ccc(Cl)nc1)C1CCN(S(=O)(=O)c2ccc(Cl)cc2)CC1. The second-order valence-corrected chi connectivity index (χ2v) is 8.99. The number of carbonyl (C=O) groups is 1. The van der Waals surface area contributed by atoms with Crippen molar-refractivity contribution in [3.8, 4) is 0 Å². The third-order valence-electron chi connectivity index (χ3n) is 4.41. The molecule has 1 saturated heterocycles. The summed E-state index contributed by atoms with van der Waals surface area (Å²) < 4.78 is 32.0. The number of esters is 1. The lowest BCUT2D eigenvalue weighted by Crippen LogP contribution is -2.40.